The van der Waals surface area contributed by atoms with Crippen LogP contribution < -0.4 is 0 Å². The molecule has 0 saturated heterocycles. The molecule has 4 heteroatoms. The van der Waals surface area contributed by atoms with Gasteiger partial charge in [-0.25, -0.2) is 0 Å². The third kappa shape index (κ3) is 2.15. The highest BCUT2D eigenvalue weighted by molar-refractivity contribution is 7.17. The largest absolute Gasteiger partial charge is 0.285 e. The van der Waals surface area contributed by atoms with Gasteiger partial charge in [-0.05, 0) is 19.1 Å². The van der Waals surface area contributed by atoms with Crippen molar-refractivity contribution in [1.82, 2.24) is 0 Å². The highest BCUT2D eigenvalue weighted by Crippen LogP contribution is 2.39. The summed E-state index contributed by atoms with van der Waals surface area (Å²) in [6, 6.07) is 4.56. The Labute approximate surface area is 77.1 Å². The van der Waals surface area contributed by atoms with Gasteiger partial charge in [0, 0.05) is 5.56 Å². The van der Waals surface area contributed by atoms with Gasteiger partial charge in [-0.3, -0.25) is 0 Å². The van der Waals surface area contributed by atoms with E-state index in [4.69, 9.17) is 11.6 Å². The molecule has 0 saturated carbocycles. The third-order valence-corrected chi connectivity index (χ3v) is 2.12. The van der Waals surface area contributed by atoms with Gasteiger partial charge < -0.3 is 0 Å². The molecule has 0 N–H and O–H groups in total. The molecule has 1 aromatic rings. The molecule has 0 aliphatic heterocycles. The number of benzene rings is 1. The zero-order valence-corrected chi connectivity index (χ0v) is 8.35. The molecule has 1 rings (SSSR count). The molecule has 0 heterocycles. The normalized spacial score (nSPS) is 11.8. The van der Waals surface area contributed by atoms with E-state index in [-0.39, 0.29) is 10.6 Å². The lowest BCUT2D eigenvalue weighted by molar-refractivity contribution is 0.104. The quantitative estimate of drug-likeness (QED) is 0.619. The highest BCUT2D eigenvalue weighted by Gasteiger charge is 2.27. The Bertz CT molecular complexity index is 294. The van der Waals surface area contributed by atoms with E-state index in [1.807, 2.05) is 0 Å². The van der Waals surface area contributed by atoms with Crippen molar-refractivity contribution >= 4 is 20.8 Å². The molecule has 0 aliphatic carbocycles. The fraction of sp³-hybridized carbons (Fsp3) is 0.250. The SMILES string of the molecule is Cc1ccc(Cl)c(C(F)(F)P)c1. The van der Waals surface area contributed by atoms with Crippen molar-refractivity contribution in [2.45, 2.75) is 12.6 Å². The molecule has 12 heavy (non-hydrogen) atoms. The van der Waals surface area contributed by atoms with E-state index < -0.39 is 5.66 Å². The van der Waals surface area contributed by atoms with Gasteiger partial charge in [0.1, 0.15) is 0 Å². The molecule has 66 valence electrons. The van der Waals surface area contributed by atoms with Crippen molar-refractivity contribution in [1.29, 1.82) is 0 Å². The summed E-state index contributed by atoms with van der Waals surface area (Å²) in [5, 5.41) is 0.0978. The number of halogens is 3. The molecular formula is C8H8ClF2P. The van der Waals surface area contributed by atoms with Crippen LogP contribution in [0.4, 0.5) is 8.78 Å². The molecule has 0 fully saturated rings. The van der Waals surface area contributed by atoms with E-state index in [1.54, 1.807) is 13.0 Å². The number of alkyl halides is 2. The standard InChI is InChI=1S/C8H8ClF2P/c1-5-2-3-7(9)6(4-5)8(10,11)12/h2-4H,12H2,1H3. The zero-order valence-electron chi connectivity index (χ0n) is 6.44. The van der Waals surface area contributed by atoms with E-state index in [0.717, 1.165) is 5.56 Å². The first kappa shape index (κ1) is 9.88. The Kier molecular flexibility index (Phi) is 2.70. The van der Waals surface area contributed by atoms with Crippen molar-refractivity contribution in [3.8, 4) is 0 Å². The molecule has 0 aliphatic rings. The van der Waals surface area contributed by atoms with Crippen LogP contribution in [0.1, 0.15) is 11.1 Å². The van der Waals surface area contributed by atoms with Crippen molar-refractivity contribution in [3.63, 3.8) is 0 Å². The fourth-order valence-corrected chi connectivity index (χ4v) is 1.47. The van der Waals surface area contributed by atoms with Crippen molar-refractivity contribution in [2.24, 2.45) is 0 Å². The third-order valence-electron chi connectivity index (χ3n) is 1.48. The first-order valence-electron chi connectivity index (χ1n) is 3.34. The number of aryl methyl sites for hydroxylation is 1. The van der Waals surface area contributed by atoms with Gasteiger partial charge >= 0.3 is 0 Å². The Morgan fingerprint density at radius 1 is 1.42 bits per heavy atom. The maximum atomic E-state index is 12.8. The fourth-order valence-electron chi connectivity index (χ4n) is 0.895. The van der Waals surface area contributed by atoms with Crippen molar-refractivity contribution < 1.29 is 8.78 Å². The summed E-state index contributed by atoms with van der Waals surface area (Å²) in [4.78, 5) is 0. The molecule has 1 aromatic carbocycles. The maximum absolute atomic E-state index is 12.8. The summed E-state index contributed by atoms with van der Waals surface area (Å²) in [5.74, 6) is 0. The van der Waals surface area contributed by atoms with Crippen molar-refractivity contribution in [3.05, 3.63) is 34.3 Å². The molecule has 0 nitrogen and oxygen atoms in total. The molecule has 0 spiro atoms. The lowest BCUT2D eigenvalue weighted by Crippen LogP contribution is -2.03. The smallest absolute Gasteiger partial charge is 0.197 e. The Morgan fingerprint density at radius 2 is 2.00 bits per heavy atom. The monoisotopic (exact) mass is 208 g/mol. The van der Waals surface area contributed by atoms with Crippen LogP contribution in [0.15, 0.2) is 18.2 Å². The summed E-state index contributed by atoms with van der Waals surface area (Å²) in [6.07, 6.45) is 0. The van der Waals surface area contributed by atoms with Crippen LogP contribution in [-0.2, 0) is 5.66 Å². The minimum atomic E-state index is -2.94. The van der Waals surface area contributed by atoms with Crippen molar-refractivity contribution in [2.75, 3.05) is 0 Å². The lowest BCUT2D eigenvalue weighted by atomic mass is 10.1. The molecule has 0 amide bonds. The van der Waals surface area contributed by atoms with Crippen LogP contribution in [0, 0.1) is 6.92 Å². The summed E-state index contributed by atoms with van der Waals surface area (Å²) < 4.78 is 25.5. The van der Waals surface area contributed by atoms with E-state index >= 15 is 0 Å². The molecule has 0 radical (unpaired) electrons. The molecule has 0 aromatic heterocycles. The summed E-state index contributed by atoms with van der Waals surface area (Å²) in [6.45, 7) is 1.75. The molecular weight excluding hydrogens is 201 g/mol. The van der Waals surface area contributed by atoms with E-state index in [2.05, 4.69) is 0 Å². The summed E-state index contributed by atoms with van der Waals surface area (Å²) >= 11 is 5.59. The van der Waals surface area contributed by atoms with E-state index in [0.29, 0.717) is 0 Å². The highest BCUT2D eigenvalue weighted by atomic mass is 35.5. The van der Waals surface area contributed by atoms with E-state index in [9.17, 15) is 8.78 Å². The lowest BCUT2D eigenvalue weighted by Gasteiger charge is -2.12. The second-order valence-electron chi connectivity index (χ2n) is 2.61. The first-order valence-corrected chi connectivity index (χ1v) is 4.30. The minimum Gasteiger partial charge on any atom is -0.197 e. The molecule has 0 bridgehead atoms. The van der Waals surface area contributed by atoms with Crippen LogP contribution >= 0.6 is 20.8 Å². The molecule has 1 unspecified atom stereocenters. The average molecular weight is 209 g/mol. The second-order valence-corrected chi connectivity index (χ2v) is 3.74. The van der Waals surface area contributed by atoms with Crippen LogP contribution in [0.25, 0.3) is 0 Å². The predicted octanol–water partition coefficient (Wildman–Crippen LogP) is 3.57. The van der Waals surface area contributed by atoms with Gasteiger partial charge in [0.05, 0.1) is 5.02 Å². The maximum Gasteiger partial charge on any atom is 0.285 e. The van der Waals surface area contributed by atoms with E-state index in [1.165, 1.54) is 21.4 Å². The minimum absolute atomic E-state index is 0.0978. The van der Waals surface area contributed by atoms with Crippen LogP contribution in [-0.4, -0.2) is 0 Å². The second kappa shape index (κ2) is 3.27. The van der Waals surface area contributed by atoms with Gasteiger partial charge in [0.2, 0.25) is 0 Å². The van der Waals surface area contributed by atoms with Gasteiger partial charge in [0.15, 0.2) is 0 Å². The number of rotatable bonds is 1. The van der Waals surface area contributed by atoms with Gasteiger partial charge in [-0.15, -0.1) is 0 Å². The Morgan fingerprint density at radius 3 is 2.42 bits per heavy atom. The molecule has 1 atom stereocenters. The predicted molar refractivity (Wildman–Crippen MR) is 49.8 cm³/mol. The Hall–Kier alpha value is -0.200. The number of hydrogen-bond donors (Lipinski definition) is 0. The van der Waals surface area contributed by atoms with Gasteiger partial charge in [-0.2, -0.15) is 8.78 Å². The van der Waals surface area contributed by atoms with Crippen LogP contribution in [0.2, 0.25) is 5.02 Å². The average Bonchev–Trinajstić information content (AvgIpc) is 1.92. The summed E-state index contributed by atoms with van der Waals surface area (Å²) in [7, 11) is 1.47. The topological polar surface area (TPSA) is 0 Å². The van der Waals surface area contributed by atoms with Gasteiger partial charge in [-0.1, -0.05) is 32.5 Å². The van der Waals surface area contributed by atoms with Crippen LogP contribution in [0.3, 0.4) is 0 Å². The zero-order chi connectivity index (χ0) is 9.35. The summed E-state index contributed by atoms with van der Waals surface area (Å²) in [5.41, 5.74) is -2.31. The van der Waals surface area contributed by atoms with Crippen LogP contribution in [0.5, 0.6) is 0 Å². The number of hydrogen-bond acceptors (Lipinski definition) is 0. The first-order chi connectivity index (χ1) is 5.41. The Balaban J connectivity index is 3.23. The van der Waals surface area contributed by atoms with Gasteiger partial charge in [0.25, 0.3) is 5.66 Å².